The monoisotopic (exact) mass is 423 g/mol. The van der Waals surface area contributed by atoms with Crippen molar-refractivity contribution < 1.29 is 14.8 Å². The zero-order valence-electron chi connectivity index (χ0n) is 17.8. The molecule has 0 atom stereocenters. The zero-order valence-corrected chi connectivity index (χ0v) is 18.6. The van der Waals surface area contributed by atoms with Crippen LogP contribution in [0.15, 0.2) is 48.2 Å². The van der Waals surface area contributed by atoms with Gasteiger partial charge in [-0.15, -0.1) is 0 Å². The summed E-state index contributed by atoms with van der Waals surface area (Å²) < 4.78 is 0. The minimum atomic E-state index is -0.750. The Morgan fingerprint density at radius 1 is 0.931 bits per heavy atom. The summed E-state index contributed by atoms with van der Waals surface area (Å²) >= 11 is 1.66. The van der Waals surface area contributed by atoms with Crippen LogP contribution in [-0.4, -0.2) is 27.5 Å². The van der Waals surface area contributed by atoms with Crippen LogP contribution in [0, 0.1) is 10.1 Å². The highest BCUT2D eigenvalue weighted by Gasteiger charge is 2.06. The fourth-order valence-electron chi connectivity index (χ4n) is 2.48. The third-order valence-electron chi connectivity index (χ3n) is 4.17. The van der Waals surface area contributed by atoms with Crippen molar-refractivity contribution >= 4 is 17.7 Å². The normalized spacial score (nSPS) is 12.5. The lowest BCUT2D eigenvalue weighted by Gasteiger charge is -1.98. The maximum Gasteiger partial charge on any atom is 0.304 e. The number of rotatable bonds is 19. The molecule has 0 heterocycles. The Hall–Kier alpha value is -1.82. The van der Waals surface area contributed by atoms with Gasteiger partial charge in [0.1, 0.15) is 0 Å². The Labute approximate surface area is 180 Å². The standard InChI is InChI=1S/C23H37NO4S/c1-2-3-4-5-6-7-8-9-11-14-17-22(24(27)28)18-15-12-10-13-16-20-29-21-19-23(25)26/h6-7,9,11-12,15,17H,2-5,8,10,13-14,16,18-21H2,1H3,(H,25,26)/b7-6+,11-9+,15-12+,22-17+. The highest BCUT2D eigenvalue weighted by atomic mass is 32.2. The van der Waals surface area contributed by atoms with Crippen molar-refractivity contribution in [3.8, 4) is 0 Å². The Morgan fingerprint density at radius 3 is 2.28 bits per heavy atom. The first-order chi connectivity index (χ1) is 14.1. The van der Waals surface area contributed by atoms with E-state index >= 15 is 0 Å². The number of allylic oxidation sites excluding steroid dienone is 7. The molecule has 0 fully saturated rings. The quantitative estimate of drug-likeness (QED) is 0.105. The van der Waals surface area contributed by atoms with Crippen LogP contribution < -0.4 is 0 Å². The molecule has 0 bridgehead atoms. The van der Waals surface area contributed by atoms with Crippen LogP contribution in [0.25, 0.3) is 0 Å². The first-order valence-corrected chi connectivity index (χ1v) is 11.8. The summed E-state index contributed by atoms with van der Waals surface area (Å²) in [6, 6.07) is 0. The number of nitro groups is 1. The molecule has 0 aromatic carbocycles. The largest absolute Gasteiger partial charge is 0.481 e. The SMILES string of the molecule is CCCCC/C=C/C/C=C/C/C=C(\C/C=C/CCCCSCCC(=O)O)[N+](=O)[O-]. The van der Waals surface area contributed by atoms with Gasteiger partial charge in [-0.05, 0) is 56.8 Å². The second-order valence-corrected chi connectivity index (χ2v) is 8.01. The van der Waals surface area contributed by atoms with Crippen LogP contribution >= 0.6 is 11.8 Å². The van der Waals surface area contributed by atoms with Gasteiger partial charge < -0.3 is 5.11 Å². The van der Waals surface area contributed by atoms with E-state index in [0.717, 1.165) is 37.9 Å². The van der Waals surface area contributed by atoms with E-state index in [0.29, 0.717) is 18.6 Å². The average Bonchev–Trinajstić information content (AvgIpc) is 2.68. The molecule has 0 unspecified atom stereocenters. The number of carboxylic acid groups (broad SMARTS) is 1. The summed E-state index contributed by atoms with van der Waals surface area (Å²) in [5.41, 5.74) is 0.241. The molecule has 0 aliphatic carbocycles. The molecule has 1 N–H and O–H groups in total. The summed E-state index contributed by atoms with van der Waals surface area (Å²) in [6.45, 7) is 2.20. The van der Waals surface area contributed by atoms with Crippen molar-refractivity contribution in [2.75, 3.05) is 11.5 Å². The van der Waals surface area contributed by atoms with Crippen molar-refractivity contribution in [1.82, 2.24) is 0 Å². The minimum absolute atomic E-state index is 0.214. The lowest BCUT2D eigenvalue weighted by molar-refractivity contribution is -0.427. The van der Waals surface area contributed by atoms with Crippen molar-refractivity contribution in [3.05, 3.63) is 58.3 Å². The summed E-state index contributed by atoms with van der Waals surface area (Å²) in [4.78, 5) is 21.2. The zero-order chi connectivity index (χ0) is 21.6. The third kappa shape index (κ3) is 20.7. The number of thioether (sulfide) groups is 1. The fraction of sp³-hybridized carbons (Fsp3) is 0.609. The molecule has 164 valence electrons. The second-order valence-electron chi connectivity index (χ2n) is 6.79. The molecular weight excluding hydrogens is 386 g/mol. The first-order valence-electron chi connectivity index (χ1n) is 10.7. The number of hydrogen-bond acceptors (Lipinski definition) is 4. The third-order valence-corrected chi connectivity index (χ3v) is 5.24. The lowest BCUT2D eigenvalue weighted by atomic mass is 10.2. The summed E-state index contributed by atoms with van der Waals surface area (Å²) in [7, 11) is 0. The van der Waals surface area contributed by atoms with E-state index in [1.807, 2.05) is 18.2 Å². The van der Waals surface area contributed by atoms with Gasteiger partial charge in [0.15, 0.2) is 0 Å². The van der Waals surface area contributed by atoms with Gasteiger partial charge in [-0.2, -0.15) is 11.8 Å². The number of aliphatic carboxylic acids is 1. The van der Waals surface area contributed by atoms with E-state index in [-0.39, 0.29) is 17.0 Å². The highest BCUT2D eigenvalue weighted by Crippen LogP contribution is 2.10. The Kier molecular flexibility index (Phi) is 19.6. The molecule has 5 nitrogen and oxygen atoms in total. The molecule has 0 aliphatic heterocycles. The van der Waals surface area contributed by atoms with Crippen LogP contribution in [0.1, 0.15) is 77.6 Å². The lowest BCUT2D eigenvalue weighted by Crippen LogP contribution is -1.97. The molecule has 6 heteroatoms. The van der Waals surface area contributed by atoms with Crippen molar-refractivity contribution in [2.45, 2.75) is 77.6 Å². The van der Waals surface area contributed by atoms with Gasteiger partial charge in [0, 0.05) is 5.75 Å². The van der Waals surface area contributed by atoms with Gasteiger partial charge in [-0.3, -0.25) is 14.9 Å². The van der Waals surface area contributed by atoms with Crippen molar-refractivity contribution in [2.24, 2.45) is 0 Å². The van der Waals surface area contributed by atoms with Crippen molar-refractivity contribution in [1.29, 1.82) is 0 Å². The maximum absolute atomic E-state index is 11.1. The Balaban J connectivity index is 3.89. The molecular formula is C23H37NO4S. The highest BCUT2D eigenvalue weighted by molar-refractivity contribution is 7.99. The smallest absolute Gasteiger partial charge is 0.304 e. The number of hydrogen-bond donors (Lipinski definition) is 1. The Bertz CT molecular complexity index is 553. The second kappa shape index (κ2) is 20.9. The molecule has 0 spiro atoms. The molecule has 0 rings (SSSR count). The van der Waals surface area contributed by atoms with Crippen LogP contribution in [0.4, 0.5) is 0 Å². The van der Waals surface area contributed by atoms with Gasteiger partial charge >= 0.3 is 5.97 Å². The molecule has 0 saturated heterocycles. The summed E-state index contributed by atoms with van der Waals surface area (Å²) in [6.07, 6.45) is 23.8. The molecule has 0 amide bonds. The topological polar surface area (TPSA) is 80.4 Å². The molecule has 0 aliphatic rings. The predicted octanol–water partition coefficient (Wildman–Crippen LogP) is 6.94. The first kappa shape index (κ1) is 27.2. The number of nitrogens with zero attached hydrogens (tertiary/aromatic N) is 1. The minimum Gasteiger partial charge on any atom is -0.481 e. The average molecular weight is 424 g/mol. The summed E-state index contributed by atoms with van der Waals surface area (Å²) in [5.74, 6) is 0.869. The number of carboxylic acids is 1. The number of unbranched alkanes of at least 4 members (excludes halogenated alkanes) is 5. The molecule has 0 aromatic heterocycles. The molecule has 0 saturated carbocycles. The van der Waals surface area contributed by atoms with Crippen LogP contribution in [0.5, 0.6) is 0 Å². The van der Waals surface area contributed by atoms with Gasteiger partial charge in [0.25, 0.3) is 0 Å². The van der Waals surface area contributed by atoms with Gasteiger partial charge in [-0.25, -0.2) is 0 Å². The van der Waals surface area contributed by atoms with Crippen LogP contribution in [-0.2, 0) is 4.79 Å². The molecule has 29 heavy (non-hydrogen) atoms. The van der Waals surface area contributed by atoms with Crippen LogP contribution in [0.3, 0.4) is 0 Å². The maximum atomic E-state index is 11.1. The molecule has 0 aromatic rings. The van der Waals surface area contributed by atoms with E-state index in [9.17, 15) is 14.9 Å². The summed E-state index contributed by atoms with van der Waals surface area (Å²) in [5, 5.41) is 19.7. The van der Waals surface area contributed by atoms with E-state index in [4.69, 9.17) is 5.11 Å². The van der Waals surface area contributed by atoms with Crippen molar-refractivity contribution in [3.63, 3.8) is 0 Å². The van der Waals surface area contributed by atoms with E-state index < -0.39 is 5.97 Å². The number of carbonyl (C=O) groups is 1. The van der Waals surface area contributed by atoms with E-state index in [1.54, 1.807) is 17.8 Å². The van der Waals surface area contributed by atoms with E-state index in [1.165, 1.54) is 19.3 Å². The Morgan fingerprint density at radius 2 is 1.59 bits per heavy atom. The fourth-order valence-corrected chi connectivity index (χ4v) is 3.41. The van der Waals surface area contributed by atoms with Gasteiger partial charge in [0.2, 0.25) is 5.70 Å². The van der Waals surface area contributed by atoms with E-state index in [2.05, 4.69) is 25.2 Å². The van der Waals surface area contributed by atoms with Gasteiger partial charge in [-0.1, -0.05) is 56.2 Å². The molecule has 0 radical (unpaired) electrons. The van der Waals surface area contributed by atoms with Gasteiger partial charge in [0.05, 0.1) is 17.8 Å². The predicted molar refractivity (Wildman–Crippen MR) is 124 cm³/mol. The van der Waals surface area contributed by atoms with Crippen LogP contribution in [0.2, 0.25) is 0 Å².